The van der Waals surface area contributed by atoms with Crippen molar-refractivity contribution in [1.29, 1.82) is 0 Å². The van der Waals surface area contributed by atoms with Crippen LogP contribution in [-0.2, 0) is 14.3 Å². The highest BCUT2D eigenvalue weighted by molar-refractivity contribution is 6.18. The third-order valence-electron chi connectivity index (χ3n) is 4.87. The molecule has 2 aliphatic heterocycles. The molecule has 3 heterocycles. The van der Waals surface area contributed by atoms with E-state index in [4.69, 9.17) is 20.9 Å². The number of aromatic nitrogens is 2. The summed E-state index contributed by atoms with van der Waals surface area (Å²) < 4.78 is 11.4. The molecule has 0 unspecified atom stereocenters. The van der Waals surface area contributed by atoms with Gasteiger partial charge in [-0.15, -0.1) is 0 Å². The van der Waals surface area contributed by atoms with Crippen LogP contribution in [0.25, 0.3) is 5.57 Å². The molecule has 2 aliphatic rings. The molecule has 10 nitrogen and oxygen atoms in total. The lowest BCUT2D eigenvalue weighted by Crippen LogP contribution is -2.41. The lowest BCUT2D eigenvalue weighted by Gasteiger charge is -2.31. The van der Waals surface area contributed by atoms with Crippen LogP contribution < -0.4 is 21.1 Å². The second kappa shape index (κ2) is 8.87. The molecule has 2 amide bonds. The maximum atomic E-state index is 11.7. The summed E-state index contributed by atoms with van der Waals surface area (Å²) in [6.45, 7) is 5.27. The molecule has 0 saturated carbocycles. The predicted molar refractivity (Wildman–Crippen MR) is 102 cm³/mol. The fourth-order valence-electron chi connectivity index (χ4n) is 3.27. The highest BCUT2D eigenvalue weighted by atomic mass is 16.5. The number of primary amides is 1. The van der Waals surface area contributed by atoms with Crippen molar-refractivity contribution in [1.82, 2.24) is 14.9 Å². The van der Waals surface area contributed by atoms with E-state index in [2.05, 4.69) is 9.97 Å². The molecule has 3 rings (SSSR count). The molecule has 2 saturated heterocycles. The number of anilines is 1. The van der Waals surface area contributed by atoms with Crippen molar-refractivity contribution in [2.24, 2.45) is 11.5 Å². The molecule has 28 heavy (non-hydrogen) atoms. The zero-order chi connectivity index (χ0) is 20.1. The number of piperidine rings is 1. The largest absolute Gasteiger partial charge is 0.474 e. The number of rotatable bonds is 5. The van der Waals surface area contributed by atoms with Gasteiger partial charge in [0.25, 0.3) is 5.91 Å². The molecule has 0 atom stereocenters. The summed E-state index contributed by atoms with van der Waals surface area (Å²) in [6, 6.07) is 1.57. The Balaban J connectivity index is 1.83. The average molecular weight is 390 g/mol. The standard InChI is InChI=1S/C18H26N6O4/c1-12(25)23-4-2-13(3-5-23)28-16-10-15(14(11-19)17(20)26)21-18(22-16)24-6-8-27-9-7-24/h10-11,13H,2-9,19H2,1H3,(H2,20,26)/b14-11-. The van der Waals surface area contributed by atoms with Crippen molar-refractivity contribution < 1.29 is 19.1 Å². The molecule has 0 bridgehead atoms. The van der Waals surface area contributed by atoms with Gasteiger partial charge in [0, 0.05) is 58.2 Å². The molecule has 10 heteroatoms. The number of hydrogen-bond donors (Lipinski definition) is 2. The fraction of sp³-hybridized carbons (Fsp3) is 0.556. The van der Waals surface area contributed by atoms with Crippen LogP contribution in [0, 0.1) is 0 Å². The summed E-state index contributed by atoms with van der Waals surface area (Å²) >= 11 is 0. The molecule has 0 aromatic carbocycles. The van der Waals surface area contributed by atoms with E-state index in [0.29, 0.717) is 69.8 Å². The SMILES string of the molecule is CC(=O)N1CCC(Oc2cc(/C(=C/N)C(N)=O)nc(N3CCOCC3)n2)CC1. The first-order valence-corrected chi connectivity index (χ1v) is 9.34. The number of amides is 2. The number of carbonyl (C=O) groups excluding carboxylic acids is 2. The molecule has 152 valence electrons. The van der Waals surface area contributed by atoms with Gasteiger partial charge in [-0.3, -0.25) is 9.59 Å². The second-order valence-corrected chi connectivity index (χ2v) is 6.76. The zero-order valence-electron chi connectivity index (χ0n) is 16.0. The van der Waals surface area contributed by atoms with E-state index in [1.54, 1.807) is 17.9 Å². The second-order valence-electron chi connectivity index (χ2n) is 6.76. The van der Waals surface area contributed by atoms with Crippen molar-refractivity contribution in [3.05, 3.63) is 18.0 Å². The summed E-state index contributed by atoms with van der Waals surface area (Å²) in [7, 11) is 0. The Hall–Kier alpha value is -2.88. The fourth-order valence-corrected chi connectivity index (χ4v) is 3.27. The monoisotopic (exact) mass is 390 g/mol. The third-order valence-corrected chi connectivity index (χ3v) is 4.87. The van der Waals surface area contributed by atoms with Gasteiger partial charge in [-0.2, -0.15) is 4.98 Å². The zero-order valence-corrected chi connectivity index (χ0v) is 16.0. The number of carbonyl (C=O) groups is 2. The van der Waals surface area contributed by atoms with Crippen molar-refractivity contribution in [2.45, 2.75) is 25.9 Å². The first-order chi connectivity index (χ1) is 13.5. The first-order valence-electron chi connectivity index (χ1n) is 9.34. The van der Waals surface area contributed by atoms with E-state index >= 15 is 0 Å². The van der Waals surface area contributed by atoms with E-state index in [1.807, 2.05) is 4.90 Å². The summed E-state index contributed by atoms with van der Waals surface area (Å²) in [5.74, 6) is 0.192. The topological polar surface area (TPSA) is 137 Å². The molecule has 0 radical (unpaired) electrons. The minimum absolute atomic E-state index is 0.0663. The van der Waals surface area contributed by atoms with Crippen LogP contribution in [0.15, 0.2) is 12.3 Å². The van der Waals surface area contributed by atoms with Gasteiger partial charge in [0.15, 0.2) is 0 Å². The quantitative estimate of drug-likeness (QED) is 0.641. The van der Waals surface area contributed by atoms with E-state index in [-0.39, 0.29) is 17.6 Å². The number of hydrogen-bond acceptors (Lipinski definition) is 8. The maximum absolute atomic E-state index is 11.7. The van der Waals surface area contributed by atoms with Crippen molar-refractivity contribution in [3.63, 3.8) is 0 Å². The number of likely N-dealkylation sites (tertiary alicyclic amines) is 1. The molecular weight excluding hydrogens is 364 g/mol. The van der Waals surface area contributed by atoms with Crippen LogP contribution >= 0.6 is 0 Å². The third kappa shape index (κ3) is 4.69. The lowest BCUT2D eigenvalue weighted by molar-refractivity contribution is -0.130. The normalized spacial score (nSPS) is 18.8. The number of ether oxygens (including phenoxy) is 2. The first kappa shape index (κ1) is 19.9. The van der Waals surface area contributed by atoms with Crippen LogP contribution in [0.2, 0.25) is 0 Å². The van der Waals surface area contributed by atoms with Gasteiger partial charge >= 0.3 is 0 Å². The highest BCUT2D eigenvalue weighted by Crippen LogP contribution is 2.24. The van der Waals surface area contributed by atoms with E-state index in [9.17, 15) is 9.59 Å². The van der Waals surface area contributed by atoms with Crippen LogP contribution in [0.1, 0.15) is 25.5 Å². The number of nitrogens with two attached hydrogens (primary N) is 2. The minimum Gasteiger partial charge on any atom is -0.474 e. The Morgan fingerprint density at radius 1 is 1.21 bits per heavy atom. The predicted octanol–water partition coefficient (Wildman–Crippen LogP) is -0.512. The van der Waals surface area contributed by atoms with Gasteiger partial charge in [0.2, 0.25) is 17.7 Å². The molecule has 1 aromatic heterocycles. The Kier molecular flexibility index (Phi) is 6.30. The molecule has 0 aliphatic carbocycles. The summed E-state index contributed by atoms with van der Waals surface area (Å²) in [5, 5.41) is 0. The van der Waals surface area contributed by atoms with E-state index in [0.717, 1.165) is 6.20 Å². The maximum Gasteiger partial charge on any atom is 0.252 e. The Morgan fingerprint density at radius 2 is 1.89 bits per heavy atom. The Bertz CT molecular complexity index is 754. The van der Waals surface area contributed by atoms with Crippen LogP contribution in [0.5, 0.6) is 5.88 Å². The Labute approximate surface area is 163 Å². The Morgan fingerprint density at radius 3 is 2.46 bits per heavy atom. The molecular formula is C18H26N6O4. The average Bonchev–Trinajstić information content (AvgIpc) is 2.69. The van der Waals surface area contributed by atoms with Gasteiger partial charge in [-0.05, 0) is 0 Å². The van der Waals surface area contributed by atoms with Gasteiger partial charge in [-0.25, -0.2) is 4.98 Å². The van der Waals surface area contributed by atoms with Crippen LogP contribution in [0.3, 0.4) is 0 Å². The number of nitrogens with zero attached hydrogens (tertiary/aromatic N) is 4. The van der Waals surface area contributed by atoms with E-state index in [1.165, 1.54) is 0 Å². The molecule has 0 spiro atoms. The summed E-state index contributed by atoms with van der Waals surface area (Å²) in [5.41, 5.74) is 11.4. The smallest absolute Gasteiger partial charge is 0.252 e. The summed E-state index contributed by atoms with van der Waals surface area (Å²) in [4.78, 5) is 35.9. The van der Waals surface area contributed by atoms with Gasteiger partial charge < -0.3 is 30.7 Å². The molecule has 1 aromatic rings. The molecule has 4 N–H and O–H groups in total. The summed E-state index contributed by atoms with van der Waals surface area (Å²) in [6.07, 6.45) is 2.49. The van der Waals surface area contributed by atoms with Gasteiger partial charge in [0.05, 0.1) is 24.5 Å². The van der Waals surface area contributed by atoms with Crippen molar-refractivity contribution >= 4 is 23.3 Å². The minimum atomic E-state index is -0.671. The van der Waals surface area contributed by atoms with Gasteiger partial charge in [0.1, 0.15) is 6.10 Å². The highest BCUT2D eigenvalue weighted by Gasteiger charge is 2.24. The molecule has 2 fully saturated rings. The van der Waals surface area contributed by atoms with Crippen LogP contribution in [0.4, 0.5) is 5.95 Å². The van der Waals surface area contributed by atoms with Gasteiger partial charge in [-0.1, -0.05) is 0 Å². The van der Waals surface area contributed by atoms with Crippen molar-refractivity contribution in [2.75, 3.05) is 44.3 Å². The number of morpholine rings is 1. The lowest BCUT2D eigenvalue weighted by atomic mass is 10.1. The van der Waals surface area contributed by atoms with Crippen molar-refractivity contribution in [3.8, 4) is 5.88 Å². The van der Waals surface area contributed by atoms with E-state index < -0.39 is 5.91 Å². The van der Waals surface area contributed by atoms with Crippen LogP contribution in [-0.4, -0.2) is 72.2 Å².